The fourth-order valence-corrected chi connectivity index (χ4v) is 3.11. The molecule has 0 fully saturated rings. The SMILES string of the molecule is Cc1nc(-c2cccc(Cl)c2)sc1C(=O)Nc1ccccn1. The number of hydrogen-bond donors (Lipinski definition) is 1. The number of thiazole rings is 1. The Kier molecular flexibility index (Phi) is 4.18. The highest BCUT2D eigenvalue weighted by atomic mass is 35.5. The number of amides is 1. The zero-order valence-corrected chi connectivity index (χ0v) is 13.3. The third kappa shape index (κ3) is 3.16. The fourth-order valence-electron chi connectivity index (χ4n) is 1.96. The van der Waals surface area contributed by atoms with Crippen LogP contribution >= 0.6 is 22.9 Å². The Morgan fingerprint density at radius 2 is 2.09 bits per heavy atom. The molecule has 22 heavy (non-hydrogen) atoms. The van der Waals surface area contributed by atoms with Gasteiger partial charge in [-0.2, -0.15) is 0 Å². The van der Waals surface area contributed by atoms with E-state index in [1.165, 1.54) is 11.3 Å². The summed E-state index contributed by atoms with van der Waals surface area (Å²) in [6, 6.07) is 12.8. The molecule has 0 aliphatic rings. The number of anilines is 1. The maximum absolute atomic E-state index is 12.3. The van der Waals surface area contributed by atoms with E-state index in [-0.39, 0.29) is 5.91 Å². The second-order valence-corrected chi connectivity index (χ2v) is 6.05. The van der Waals surface area contributed by atoms with Crippen molar-refractivity contribution in [2.24, 2.45) is 0 Å². The fraction of sp³-hybridized carbons (Fsp3) is 0.0625. The number of carbonyl (C=O) groups excluding carboxylic acids is 1. The number of nitrogens with one attached hydrogen (secondary N) is 1. The first-order valence-corrected chi connectivity index (χ1v) is 7.78. The summed E-state index contributed by atoms with van der Waals surface area (Å²) in [4.78, 5) is 21.5. The highest BCUT2D eigenvalue weighted by Gasteiger charge is 2.16. The number of nitrogens with zero attached hydrogens (tertiary/aromatic N) is 2. The van der Waals surface area contributed by atoms with Crippen molar-refractivity contribution in [1.82, 2.24) is 9.97 Å². The van der Waals surface area contributed by atoms with Gasteiger partial charge in [-0.3, -0.25) is 4.79 Å². The Morgan fingerprint density at radius 1 is 1.23 bits per heavy atom. The molecule has 2 aromatic heterocycles. The minimum absolute atomic E-state index is 0.207. The van der Waals surface area contributed by atoms with Crippen LogP contribution in [0.1, 0.15) is 15.4 Å². The van der Waals surface area contributed by atoms with Crippen molar-refractivity contribution in [3.63, 3.8) is 0 Å². The van der Waals surface area contributed by atoms with Gasteiger partial charge in [0.2, 0.25) is 0 Å². The summed E-state index contributed by atoms with van der Waals surface area (Å²) >= 11 is 7.34. The normalized spacial score (nSPS) is 10.5. The molecule has 0 aliphatic heterocycles. The van der Waals surface area contributed by atoms with E-state index in [9.17, 15) is 4.79 Å². The summed E-state index contributed by atoms with van der Waals surface area (Å²) in [5.74, 6) is 0.312. The van der Waals surface area contributed by atoms with Crippen LogP contribution in [0.5, 0.6) is 0 Å². The van der Waals surface area contributed by atoms with Gasteiger partial charge >= 0.3 is 0 Å². The van der Waals surface area contributed by atoms with Crippen LogP contribution in [0.15, 0.2) is 48.7 Å². The van der Waals surface area contributed by atoms with Gasteiger partial charge < -0.3 is 5.32 Å². The molecular weight excluding hydrogens is 318 g/mol. The van der Waals surface area contributed by atoms with Crippen molar-refractivity contribution in [2.75, 3.05) is 5.32 Å². The molecule has 1 amide bonds. The number of benzene rings is 1. The van der Waals surface area contributed by atoms with Gasteiger partial charge in [0.15, 0.2) is 0 Å². The molecule has 3 aromatic rings. The first-order valence-electron chi connectivity index (χ1n) is 6.59. The summed E-state index contributed by atoms with van der Waals surface area (Å²) in [6.07, 6.45) is 1.63. The third-order valence-corrected chi connectivity index (χ3v) is 4.42. The lowest BCUT2D eigenvalue weighted by Gasteiger charge is -2.01. The zero-order chi connectivity index (χ0) is 15.5. The maximum atomic E-state index is 12.3. The van der Waals surface area contributed by atoms with Crippen LogP contribution < -0.4 is 5.32 Å². The average molecular weight is 330 g/mol. The van der Waals surface area contributed by atoms with Gasteiger partial charge in [0.1, 0.15) is 15.7 Å². The van der Waals surface area contributed by atoms with Crippen LogP contribution in [-0.2, 0) is 0 Å². The molecule has 3 rings (SSSR count). The van der Waals surface area contributed by atoms with E-state index in [1.54, 1.807) is 24.4 Å². The van der Waals surface area contributed by atoms with Crippen molar-refractivity contribution in [3.05, 3.63) is 64.3 Å². The van der Waals surface area contributed by atoms with Gasteiger partial charge in [-0.15, -0.1) is 11.3 Å². The van der Waals surface area contributed by atoms with Crippen LogP contribution in [0.25, 0.3) is 10.6 Å². The van der Waals surface area contributed by atoms with Crippen LogP contribution in [0.3, 0.4) is 0 Å². The number of carbonyl (C=O) groups is 1. The highest BCUT2D eigenvalue weighted by Crippen LogP contribution is 2.29. The van der Waals surface area contributed by atoms with E-state index < -0.39 is 0 Å². The van der Waals surface area contributed by atoms with Crippen molar-refractivity contribution in [3.8, 4) is 10.6 Å². The summed E-state index contributed by atoms with van der Waals surface area (Å²) in [5.41, 5.74) is 1.59. The van der Waals surface area contributed by atoms with E-state index in [0.717, 1.165) is 10.6 Å². The van der Waals surface area contributed by atoms with Crippen molar-refractivity contribution < 1.29 is 4.79 Å². The highest BCUT2D eigenvalue weighted by molar-refractivity contribution is 7.17. The molecule has 110 valence electrons. The molecule has 0 saturated heterocycles. The standard InChI is InChI=1S/C16H12ClN3OS/c1-10-14(15(21)20-13-7-2-3-8-18-13)22-16(19-10)11-5-4-6-12(17)9-11/h2-9H,1H3,(H,18,20,21). The van der Waals surface area contributed by atoms with E-state index in [2.05, 4.69) is 15.3 Å². The number of aromatic nitrogens is 2. The first kappa shape index (κ1) is 14.7. The second-order valence-electron chi connectivity index (χ2n) is 4.61. The maximum Gasteiger partial charge on any atom is 0.268 e. The molecular formula is C16H12ClN3OS. The monoisotopic (exact) mass is 329 g/mol. The lowest BCUT2D eigenvalue weighted by molar-refractivity contribution is 0.102. The molecule has 0 atom stereocenters. The van der Waals surface area contributed by atoms with Gasteiger partial charge in [-0.05, 0) is 31.2 Å². The lowest BCUT2D eigenvalue weighted by Crippen LogP contribution is -2.12. The number of hydrogen-bond acceptors (Lipinski definition) is 4. The quantitative estimate of drug-likeness (QED) is 0.774. The zero-order valence-electron chi connectivity index (χ0n) is 11.7. The topological polar surface area (TPSA) is 54.9 Å². The Balaban J connectivity index is 1.88. The largest absolute Gasteiger partial charge is 0.306 e. The average Bonchev–Trinajstić information content (AvgIpc) is 2.90. The number of pyridine rings is 1. The molecule has 0 bridgehead atoms. The molecule has 1 N–H and O–H groups in total. The third-order valence-electron chi connectivity index (χ3n) is 2.98. The molecule has 6 heteroatoms. The van der Waals surface area contributed by atoms with Crippen molar-refractivity contribution >= 4 is 34.7 Å². The summed E-state index contributed by atoms with van der Waals surface area (Å²) in [6.45, 7) is 1.82. The number of rotatable bonds is 3. The molecule has 0 saturated carbocycles. The van der Waals surface area contributed by atoms with Crippen molar-refractivity contribution in [2.45, 2.75) is 6.92 Å². The van der Waals surface area contributed by atoms with Crippen LogP contribution in [-0.4, -0.2) is 15.9 Å². The summed E-state index contributed by atoms with van der Waals surface area (Å²) < 4.78 is 0. The second kappa shape index (κ2) is 6.25. The van der Waals surface area contributed by atoms with E-state index >= 15 is 0 Å². The van der Waals surface area contributed by atoms with Gasteiger partial charge in [0, 0.05) is 16.8 Å². The van der Waals surface area contributed by atoms with E-state index in [1.807, 2.05) is 31.2 Å². The molecule has 0 aliphatic carbocycles. The van der Waals surface area contributed by atoms with E-state index in [4.69, 9.17) is 11.6 Å². The summed E-state index contributed by atoms with van der Waals surface area (Å²) in [5, 5.41) is 4.18. The smallest absolute Gasteiger partial charge is 0.268 e. The summed E-state index contributed by atoms with van der Waals surface area (Å²) in [7, 11) is 0. The Bertz CT molecular complexity index is 817. The van der Waals surface area contributed by atoms with Gasteiger partial charge in [0.05, 0.1) is 5.69 Å². The molecule has 0 radical (unpaired) electrons. The van der Waals surface area contributed by atoms with Gasteiger partial charge in [0.25, 0.3) is 5.91 Å². The van der Waals surface area contributed by atoms with Gasteiger partial charge in [-0.1, -0.05) is 29.8 Å². The van der Waals surface area contributed by atoms with Crippen LogP contribution in [0.4, 0.5) is 5.82 Å². The molecule has 0 unspecified atom stereocenters. The van der Waals surface area contributed by atoms with Crippen LogP contribution in [0, 0.1) is 6.92 Å². The molecule has 1 aromatic carbocycles. The minimum atomic E-state index is -0.207. The Labute approximate surface area is 136 Å². The predicted molar refractivity (Wildman–Crippen MR) is 89.5 cm³/mol. The Hall–Kier alpha value is -2.24. The predicted octanol–water partition coefficient (Wildman–Crippen LogP) is 4.42. The van der Waals surface area contributed by atoms with Gasteiger partial charge in [-0.25, -0.2) is 9.97 Å². The lowest BCUT2D eigenvalue weighted by atomic mass is 10.2. The minimum Gasteiger partial charge on any atom is -0.306 e. The van der Waals surface area contributed by atoms with Crippen LogP contribution in [0.2, 0.25) is 5.02 Å². The Morgan fingerprint density at radius 3 is 2.82 bits per heavy atom. The number of halogens is 1. The molecule has 2 heterocycles. The first-order chi connectivity index (χ1) is 10.6. The number of aryl methyl sites for hydroxylation is 1. The van der Waals surface area contributed by atoms with Crippen molar-refractivity contribution in [1.29, 1.82) is 0 Å². The molecule has 4 nitrogen and oxygen atoms in total. The van der Waals surface area contributed by atoms with E-state index in [0.29, 0.717) is 21.4 Å². The molecule has 0 spiro atoms.